The van der Waals surface area contributed by atoms with Crippen molar-refractivity contribution >= 4 is 11.0 Å². The zero-order valence-corrected chi connectivity index (χ0v) is 18.9. The lowest BCUT2D eigenvalue weighted by Crippen LogP contribution is -1.98. The fourth-order valence-electron chi connectivity index (χ4n) is 4.29. The van der Waals surface area contributed by atoms with Crippen LogP contribution in [0.15, 0.2) is 106 Å². The van der Waals surface area contributed by atoms with Crippen LogP contribution in [-0.4, -0.2) is 9.97 Å². The Bertz CT molecular complexity index is 1490. The molecule has 0 unspecified atom stereocenters. The van der Waals surface area contributed by atoms with Gasteiger partial charge in [0.05, 0.1) is 11.4 Å². The molecule has 0 radical (unpaired) electrons. The number of nitrogens with zero attached hydrogens (tertiary/aromatic N) is 2. The Balaban J connectivity index is 1.73. The Hall–Kier alpha value is -4.44. The van der Waals surface area contributed by atoms with Crippen LogP contribution in [0.4, 0.5) is 0 Å². The van der Waals surface area contributed by atoms with E-state index >= 15 is 0 Å². The lowest BCUT2D eigenvalue weighted by Gasteiger charge is -2.14. The van der Waals surface area contributed by atoms with Crippen LogP contribution in [-0.2, 0) is 0 Å². The number of fused-ring (bicyclic) bond motifs is 1. The third kappa shape index (κ3) is 3.50. The van der Waals surface area contributed by atoms with Crippen molar-refractivity contribution in [1.29, 1.82) is 0 Å². The molecule has 0 aliphatic carbocycles. The average Bonchev–Trinajstić information content (AvgIpc) is 3.51. The normalized spacial score (nSPS) is 11.2. The van der Waals surface area contributed by atoms with Crippen molar-refractivity contribution in [3.05, 3.63) is 109 Å². The Labute approximate surface area is 197 Å². The predicted octanol–water partition coefficient (Wildman–Crippen LogP) is 8.10. The molecule has 0 amide bonds. The molecule has 0 aliphatic rings. The fraction of sp³-hybridized carbons (Fsp3) is 0.0667. The van der Waals surface area contributed by atoms with Gasteiger partial charge in [0.25, 0.3) is 0 Å². The van der Waals surface area contributed by atoms with E-state index in [1.807, 2.05) is 86.6 Å². The molecule has 0 saturated carbocycles. The van der Waals surface area contributed by atoms with Crippen LogP contribution in [0.1, 0.15) is 11.5 Å². The molecule has 0 fully saturated rings. The third-order valence-electron chi connectivity index (χ3n) is 5.93. The summed E-state index contributed by atoms with van der Waals surface area (Å²) in [7, 11) is 0. The first-order valence-corrected chi connectivity index (χ1v) is 11.3. The largest absolute Gasteiger partial charge is 0.461 e. The van der Waals surface area contributed by atoms with Crippen molar-refractivity contribution in [3.8, 4) is 45.2 Å². The maximum Gasteiger partial charge on any atom is 0.136 e. The molecule has 4 heteroatoms. The number of benzene rings is 3. The summed E-state index contributed by atoms with van der Waals surface area (Å²) in [6.07, 6.45) is 0. The maximum atomic E-state index is 6.00. The molecule has 0 atom stereocenters. The van der Waals surface area contributed by atoms with Crippen molar-refractivity contribution in [3.63, 3.8) is 0 Å². The van der Waals surface area contributed by atoms with Crippen LogP contribution in [0, 0.1) is 13.8 Å². The summed E-state index contributed by atoms with van der Waals surface area (Å²) < 4.78 is 12.0. The van der Waals surface area contributed by atoms with E-state index in [9.17, 15) is 0 Å². The van der Waals surface area contributed by atoms with Crippen molar-refractivity contribution in [1.82, 2.24) is 9.97 Å². The molecule has 164 valence electrons. The molecule has 3 aromatic carbocycles. The van der Waals surface area contributed by atoms with Crippen LogP contribution in [0.3, 0.4) is 0 Å². The van der Waals surface area contributed by atoms with Crippen molar-refractivity contribution in [2.24, 2.45) is 0 Å². The first kappa shape index (κ1) is 20.2. The van der Waals surface area contributed by atoms with Gasteiger partial charge in [0.1, 0.15) is 34.1 Å². The summed E-state index contributed by atoms with van der Waals surface area (Å²) in [5.41, 5.74) is 7.04. The van der Waals surface area contributed by atoms with Crippen LogP contribution in [0.25, 0.3) is 56.2 Å². The van der Waals surface area contributed by atoms with E-state index in [0.29, 0.717) is 0 Å². The van der Waals surface area contributed by atoms with Gasteiger partial charge in [-0.3, -0.25) is 0 Å². The molecule has 0 N–H and O–H groups in total. The minimum absolute atomic E-state index is 0.769. The number of hydrogen-bond donors (Lipinski definition) is 0. The summed E-state index contributed by atoms with van der Waals surface area (Å²) >= 11 is 0. The third-order valence-corrected chi connectivity index (χ3v) is 5.93. The van der Waals surface area contributed by atoms with E-state index in [1.165, 1.54) is 0 Å². The molecule has 0 saturated heterocycles. The maximum absolute atomic E-state index is 6.00. The molecule has 0 aliphatic heterocycles. The van der Waals surface area contributed by atoms with Gasteiger partial charge < -0.3 is 8.83 Å². The molecular formula is C30H22N2O2. The predicted molar refractivity (Wildman–Crippen MR) is 135 cm³/mol. The molecule has 4 nitrogen and oxygen atoms in total. The van der Waals surface area contributed by atoms with Crippen LogP contribution >= 0.6 is 0 Å². The lowest BCUT2D eigenvalue weighted by molar-refractivity contribution is 0.547. The van der Waals surface area contributed by atoms with Gasteiger partial charge in [-0.25, -0.2) is 9.97 Å². The second-order valence-corrected chi connectivity index (χ2v) is 8.33. The van der Waals surface area contributed by atoms with Gasteiger partial charge >= 0.3 is 0 Å². The van der Waals surface area contributed by atoms with Crippen molar-refractivity contribution in [2.75, 3.05) is 0 Å². The summed E-state index contributed by atoms with van der Waals surface area (Å²) in [4.78, 5) is 10.5. The molecular weight excluding hydrogens is 420 g/mol. The lowest BCUT2D eigenvalue weighted by atomic mass is 10.00. The highest BCUT2D eigenvalue weighted by atomic mass is 16.3. The standard InChI is InChI=1S/C30H22N2O2/c1-19-13-17-25(33-19)23-15-16-24(26-18-14-20(2)34-26)30-29(23)31-27(21-9-5-3-6-10-21)28(32-30)22-11-7-4-8-12-22/h3-18H,1-2H3. The van der Waals surface area contributed by atoms with Gasteiger partial charge in [-0.05, 0) is 50.2 Å². The van der Waals surface area contributed by atoms with Crippen LogP contribution in [0.2, 0.25) is 0 Å². The molecule has 0 spiro atoms. The Morgan fingerprint density at radius 3 is 1.24 bits per heavy atom. The van der Waals surface area contributed by atoms with E-state index in [-0.39, 0.29) is 0 Å². The molecule has 0 bridgehead atoms. The second-order valence-electron chi connectivity index (χ2n) is 8.33. The van der Waals surface area contributed by atoms with Gasteiger partial charge in [0.2, 0.25) is 0 Å². The summed E-state index contributed by atoms with van der Waals surface area (Å²) in [5.74, 6) is 3.24. The Morgan fingerprint density at radius 2 is 0.882 bits per heavy atom. The molecule has 34 heavy (non-hydrogen) atoms. The summed E-state index contributed by atoms with van der Waals surface area (Å²) in [6, 6.07) is 32.4. The van der Waals surface area contributed by atoms with Crippen molar-refractivity contribution in [2.45, 2.75) is 13.8 Å². The quantitative estimate of drug-likeness (QED) is 0.277. The molecule has 6 rings (SSSR count). The summed E-state index contributed by atoms with van der Waals surface area (Å²) in [5, 5.41) is 0. The Kier molecular flexibility index (Phi) is 4.84. The van der Waals surface area contributed by atoms with Gasteiger partial charge in [0, 0.05) is 22.3 Å². The second kappa shape index (κ2) is 8.16. The van der Waals surface area contributed by atoms with Gasteiger partial charge in [-0.1, -0.05) is 60.7 Å². The van der Waals surface area contributed by atoms with Crippen LogP contribution in [0.5, 0.6) is 0 Å². The zero-order chi connectivity index (χ0) is 23.1. The van der Waals surface area contributed by atoms with Gasteiger partial charge in [-0.2, -0.15) is 0 Å². The summed E-state index contributed by atoms with van der Waals surface area (Å²) in [6.45, 7) is 3.89. The van der Waals surface area contributed by atoms with E-state index in [0.717, 1.165) is 67.7 Å². The van der Waals surface area contributed by atoms with E-state index in [1.54, 1.807) is 0 Å². The fourth-order valence-corrected chi connectivity index (χ4v) is 4.29. The highest BCUT2D eigenvalue weighted by Gasteiger charge is 2.20. The number of aryl methyl sites for hydroxylation is 2. The molecule has 3 aromatic heterocycles. The van der Waals surface area contributed by atoms with E-state index < -0.39 is 0 Å². The van der Waals surface area contributed by atoms with E-state index in [2.05, 4.69) is 24.3 Å². The highest BCUT2D eigenvalue weighted by molar-refractivity contribution is 6.01. The minimum atomic E-state index is 0.769. The number of furan rings is 2. The SMILES string of the molecule is Cc1ccc(-c2ccc(-c3ccc(C)o3)c3nc(-c4ccccc4)c(-c4ccccc4)nc23)o1. The first-order chi connectivity index (χ1) is 16.7. The van der Waals surface area contributed by atoms with Gasteiger partial charge in [0.15, 0.2) is 0 Å². The average molecular weight is 443 g/mol. The minimum Gasteiger partial charge on any atom is -0.461 e. The zero-order valence-electron chi connectivity index (χ0n) is 18.9. The number of aromatic nitrogens is 2. The van der Waals surface area contributed by atoms with Crippen molar-refractivity contribution < 1.29 is 8.83 Å². The highest BCUT2D eigenvalue weighted by Crippen LogP contribution is 2.39. The molecule has 3 heterocycles. The monoisotopic (exact) mass is 442 g/mol. The first-order valence-electron chi connectivity index (χ1n) is 11.3. The molecule has 6 aromatic rings. The Morgan fingerprint density at radius 1 is 0.471 bits per heavy atom. The van der Waals surface area contributed by atoms with E-state index in [4.69, 9.17) is 18.8 Å². The topological polar surface area (TPSA) is 52.1 Å². The van der Waals surface area contributed by atoms with Crippen LogP contribution < -0.4 is 0 Å². The van der Waals surface area contributed by atoms with Gasteiger partial charge in [-0.15, -0.1) is 0 Å². The number of rotatable bonds is 4. The smallest absolute Gasteiger partial charge is 0.136 e. The number of hydrogen-bond acceptors (Lipinski definition) is 4.